The van der Waals surface area contributed by atoms with Crippen molar-refractivity contribution in [3.63, 3.8) is 0 Å². The Morgan fingerprint density at radius 3 is 2.47 bits per heavy atom. The topological polar surface area (TPSA) is 131 Å². The van der Waals surface area contributed by atoms with E-state index in [4.69, 9.17) is 15.2 Å². The summed E-state index contributed by atoms with van der Waals surface area (Å²) in [6.07, 6.45) is 2.69. The first-order valence-electron chi connectivity index (χ1n) is 12.8. The maximum Gasteiger partial charge on any atom is 0.414 e. The number of piperazine rings is 1. The molecule has 2 aliphatic rings. The van der Waals surface area contributed by atoms with Crippen LogP contribution in [0, 0.1) is 0 Å². The van der Waals surface area contributed by atoms with Crippen LogP contribution in [0.15, 0.2) is 53.8 Å². The fraction of sp³-hybridized carbons (Fsp3) is 0.444. The molecule has 1 atom stereocenters. The molecule has 11 heteroatoms. The highest BCUT2D eigenvalue weighted by Crippen LogP contribution is 2.23. The Labute approximate surface area is 222 Å². The predicted molar refractivity (Wildman–Crippen MR) is 142 cm³/mol. The number of aliphatic imine (C=N–C) groups is 1. The molecule has 0 radical (unpaired) electrons. The normalized spacial score (nSPS) is 19.0. The summed E-state index contributed by atoms with van der Waals surface area (Å²) in [4.78, 5) is 50.6. The molecular formula is C27H34N6O5. The van der Waals surface area contributed by atoms with E-state index in [0.717, 1.165) is 26.2 Å². The largest absolute Gasteiger partial charge is 0.463 e. The number of rotatable bonds is 9. The fourth-order valence-electron chi connectivity index (χ4n) is 4.42. The third kappa shape index (κ3) is 7.36. The summed E-state index contributed by atoms with van der Waals surface area (Å²) in [5, 5.41) is 0. The SMILES string of the molecule is CC(C)OC(=O)CCN1CCN(CC2CN(c3ccc(C(N)=NC(=O)c4cccnc4)cc3)C(=O)O2)CC1. The van der Waals surface area contributed by atoms with E-state index < -0.39 is 12.0 Å². The number of amidine groups is 1. The number of carbonyl (C=O) groups is 3. The summed E-state index contributed by atoms with van der Waals surface area (Å²) in [5.74, 6) is -0.551. The molecule has 0 bridgehead atoms. The maximum atomic E-state index is 12.6. The number of cyclic esters (lactones) is 1. The summed E-state index contributed by atoms with van der Waals surface area (Å²) in [6.45, 7) is 8.89. The van der Waals surface area contributed by atoms with Gasteiger partial charge >= 0.3 is 12.1 Å². The molecule has 202 valence electrons. The van der Waals surface area contributed by atoms with Crippen LogP contribution >= 0.6 is 0 Å². The van der Waals surface area contributed by atoms with E-state index in [1.54, 1.807) is 47.5 Å². The second kappa shape index (κ2) is 12.6. The Hall–Kier alpha value is -3.83. The highest BCUT2D eigenvalue weighted by Gasteiger charge is 2.34. The summed E-state index contributed by atoms with van der Waals surface area (Å²) in [7, 11) is 0. The second-order valence-electron chi connectivity index (χ2n) is 9.64. The van der Waals surface area contributed by atoms with Gasteiger partial charge in [0.1, 0.15) is 11.9 Å². The lowest BCUT2D eigenvalue weighted by Gasteiger charge is -2.35. The van der Waals surface area contributed by atoms with Crippen molar-refractivity contribution < 1.29 is 23.9 Å². The molecule has 38 heavy (non-hydrogen) atoms. The molecule has 2 amide bonds. The molecule has 2 fully saturated rings. The Morgan fingerprint density at radius 1 is 1.11 bits per heavy atom. The number of anilines is 1. The van der Waals surface area contributed by atoms with Crippen LogP contribution in [-0.4, -0.2) is 96.6 Å². The Bertz CT molecular complexity index is 1150. The molecule has 0 aliphatic carbocycles. The van der Waals surface area contributed by atoms with Gasteiger partial charge in [0.05, 0.1) is 24.6 Å². The van der Waals surface area contributed by atoms with Crippen LogP contribution in [-0.2, 0) is 14.3 Å². The number of hydrogen-bond donors (Lipinski definition) is 1. The molecule has 1 aromatic carbocycles. The minimum atomic E-state index is -0.472. The summed E-state index contributed by atoms with van der Waals surface area (Å²) >= 11 is 0. The minimum absolute atomic E-state index is 0.0863. The number of nitrogens with zero attached hydrogens (tertiary/aromatic N) is 5. The lowest BCUT2D eigenvalue weighted by atomic mass is 10.1. The first-order valence-corrected chi connectivity index (χ1v) is 12.8. The molecule has 2 N–H and O–H groups in total. The predicted octanol–water partition coefficient (Wildman–Crippen LogP) is 1.91. The number of esters is 1. The number of nitrogens with two attached hydrogens (primary N) is 1. The van der Waals surface area contributed by atoms with Gasteiger partial charge in [0.15, 0.2) is 0 Å². The van der Waals surface area contributed by atoms with Crippen LogP contribution in [0.25, 0.3) is 0 Å². The number of amides is 2. The monoisotopic (exact) mass is 522 g/mol. The first kappa shape index (κ1) is 27.2. The number of ether oxygens (including phenoxy) is 2. The molecule has 3 heterocycles. The smallest absolute Gasteiger partial charge is 0.414 e. The Morgan fingerprint density at radius 2 is 1.82 bits per heavy atom. The number of pyridine rings is 1. The van der Waals surface area contributed by atoms with Gasteiger partial charge in [-0.1, -0.05) is 0 Å². The van der Waals surface area contributed by atoms with Crippen molar-refractivity contribution in [1.82, 2.24) is 14.8 Å². The molecular weight excluding hydrogens is 488 g/mol. The average Bonchev–Trinajstić information content (AvgIpc) is 3.28. The molecule has 2 aliphatic heterocycles. The molecule has 0 saturated carbocycles. The van der Waals surface area contributed by atoms with Crippen molar-refractivity contribution in [2.45, 2.75) is 32.5 Å². The van der Waals surface area contributed by atoms with E-state index in [1.165, 1.54) is 6.20 Å². The molecule has 2 saturated heterocycles. The van der Waals surface area contributed by atoms with Crippen LogP contribution in [0.5, 0.6) is 0 Å². The quantitative estimate of drug-likeness (QED) is 0.298. The van der Waals surface area contributed by atoms with Crippen molar-refractivity contribution >= 4 is 29.5 Å². The van der Waals surface area contributed by atoms with Gasteiger partial charge in [0, 0.05) is 62.9 Å². The van der Waals surface area contributed by atoms with Crippen molar-refractivity contribution in [1.29, 1.82) is 0 Å². The zero-order chi connectivity index (χ0) is 27.1. The molecule has 0 spiro atoms. The van der Waals surface area contributed by atoms with E-state index in [0.29, 0.717) is 42.9 Å². The summed E-state index contributed by atoms with van der Waals surface area (Å²) in [6, 6.07) is 10.3. The number of benzene rings is 1. The third-order valence-electron chi connectivity index (χ3n) is 6.41. The zero-order valence-electron chi connectivity index (χ0n) is 21.8. The van der Waals surface area contributed by atoms with E-state index in [1.807, 2.05) is 13.8 Å². The van der Waals surface area contributed by atoms with E-state index in [9.17, 15) is 14.4 Å². The van der Waals surface area contributed by atoms with E-state index in [-0.39, 0.29) is 24.0 Å². The minimum Gasteiger partial charge on any atom is -0.463 e. The number of hydrogen-bond acceptors (Lipinski definition) is 8. The molecule has 2 aromatic rings. The molecule has 1 unspecified atom stereocenters. The van der Waals surface area contributed by atoms with Gasteiger partial charge in [0.2, 0.25) is 0 Å². The number of aromatic nitrogens is 1. The highest BCUT2D eigenvalue weighted by molar-refractivity contribution is 6.08. The van der Waals surface area contributed by atoms with Crippen LogP contribution in [0.3, 0.4) is 0 Å². The second-order valence-corrected chi connectivity index (χ2v) is 9.64. The van der Waals surface area contributed by atoms with Gasteiger partial charge in [-0.25, -0.2) is 4.79 Å². The van der Waals surface area contributed by atoms with Crippen LogP contribution in [0.2, 0.25) is 0 Å². The number of carbonyl (C=O) groups excluding carboxylic acids is 3. The molecule has 1 aromatic heterocycles. The lowest BCUT2D eigenvalue weighted by molar-refractivity contribution is -0.147. The van der Waals surface area contributed by atoms with Gasteiger partial charge in [-0.05, 0) is 50.2 Å². The lowest BCUT2D eigenvalue weighted by Crippen LogP contribution is -2.49. The average molecular weight is 523 g/mol. The first-order chi connectivity index (χ1) is 18.3. The van der Waals surface area contributed by atoms with Gasteiger partial charge in [-0.15, -0.1) is 0 Å². The van der Waals surface area contributed by atoms with Crippen molar-refractivity contribution in [3.05, 3.63) is 59.9 Å². The van der Waals surface area contributed by atoms with Gasteiger partial charge < -0.3 is 20.1 Å². The standard InChI is InChI=1S/C27H34N6O5/c1-19(2)37-24(34)9-11-31-12-14-32(15-13-31)17-23-18-33(27(36)38-23)22-7-5-20(6-8-22)25(28)30-26(35)21-4-3-10-29-16-21/h3-8,10,16,19,23H,9,11-15,17-18H2,1-2H3,(H2,28,30,35). The summed E-state index contributed by atoms with van der Waals surface area (Å²) < 4.78 is 10.8. The van der Waals surface area contributed by atoms with Crippen LogP contribution in [0.1, 0.15) is 36.2 Å². The summed E-state index contributed by atoms with van der Waals surface area (Å²) in [5.41, 5.74) is 7.64. The fourth-order valence-corrected chi connectivity index (χ4v) is 4.42. The third-order valence-corrected chi connectivity index (χ3v) is 6.41. The van der Waals surface area contributed by atoms with Gasteiger partial charge in [0.25, 0.3) is 5.91 Å². The van der Waals surface area contributed by atoms with Crippen LogP contribution < -0.4 is 10.6 Å². The van der Waals surface area contributed by atoms with Gasteiger partial charge in [-0.3, -0.25) is 24.4 Å². The van der Waals surface area contributed by atoms with Crippen molar-refractivity contribution in [2.24, 2.45) is 10.7 Å². The zero-order valence-corrected chi connectivity index (χ0v) is 21.8. The van der Waals surface area contributed by atoms with E-state index in [2.05, 4.69) is 19.8 Å². The maximum absolute atomic E-state index is 12.6. The van der Waals surface area contributed by atoms with Crippen molar-refractivity contribution in [2.75, 3.05) is 50.7 Å². The highest BCUT2D eigenvalue weighted by atomic mass is 16.6. The van der Waals surface area contributed by atoms with Crippen molar-refractivity contribution in [3.8, 4) is 0 Å². The molecule has 4 rings (SSSR count). The Kier molecular flexibility index (Phi) is 9.03. The Balaban J connectivity index is 1.25. The molecule has 11 nitrogen and oxygen atoms in total. The van der Waals surface area contributed by atoms with E-state index >= 15 is 0 Å². The van der Waals surface area contributed by atoms with Gasteiger partial charge in [-0.2, -0.15) is 4.99 Å². The van der Waals surface area contributed by atoms with Crippen LogP contribution in [0.4, 0.5) is 10.5 Å².